The number of rotatable bonds is 3. The van der Waals surface area contributed by atoms with Gasteiger partial charge in [0.25, 0.3) is 0 Å². The first-order chi connectivity index (χ1) is 8.57. The second kappa shape index (κ2) is 5.27. The van der Waals surface area contributed by atoms with E-state index in [0.717, 1.165) is 38.5 Å². The average molecular weight is 249 g/mol. The van der Waals surface area contributed by atoms with E-state index in [1.807, 2.05) is 19.0 Å². The van der Waals surface area contributed by atoms with Crippen molar-refractivity contribution in [2.45, 2.75) is 56.5 Å². The van der Waals surface area contributed by atoms with Gasteiger partial charge in [-0.15, -0.1) is 0 Å². The zero-order valence-electron chi connectivity index (χ0n) is 11.4. The summed E-state index contributed by atoms with van der Waals surface area (Å²) in [6.07, 6.45) is 6.80. The maximum absolute atomic E-state index is 12.1. The van der Waals surface area contributed by atoms with Crippen molar-refractivity contribution in [2.75, 3.05) is 14.1 Å². The third-order valence-electron chi connectivity index (χ3n) is 4.70. The average Bonchev–Trinajstić information content (AvgIpc) is 2.33. The van der Waals surface area contributed by atoms with Crippen LogP contribution in [0.1, 0.15) is 44.9 Å². The zero-order chi connectivity index (χ0) is 13.2. The molecule has 1 amide bonds. The van der Waals surface area contributed by atoms with Gasteiger partial charge in [-0.2, -0.15) is 5.26 Å². The molecule has 18 heavy (non-hydrogen) atoms. The fourth-order valence-electron chi connectivity index (χ4n) is 2.89. The number of hydrogen-bond acceptors (Lipinski definition) is 3. The van der Waals surface area contributed by atoms with E-state index in [9.17, 15) is 10.1 Å². The summed E-state index contributed by atoms with van der Waals surface area (Å²) in [5.74, 6) is 0.331. The van der Waals surface area contributed by atoms with Crippen LogP contribution in [0, 0.1) is 17.2 Å². The summed E-state index contributed by atoms with van der Waals surface area (Å²) in [4.78, 5) is 14.1. The maximum Gasteiger partial charge on any atom is 0.223 e. The van der Waals surface area contributed by atoms with Gasteiger partial charge >= 0.3 is 0 Å². The Hall–Kier alpha value is -1.08. The minimum Gasteiger partial charge on any atom is -0.353 e. The van der Waals surface area contributed by atoms with Gasteiger partial charge in [0.15, 0.2) is 0 Å². The molecule has 0 spiro atoms. The van der Waals surface area contributed by atoms with Gasteiger partial charge in [0.05, 0.1) is 6.07 Å². The normalized spacial score (nSPS) is 32.7. The number of amides is 1. The predicted molar refractivity (Wildman–Crippen MR) is 69.8 cm³/mol. The molecule has 4 nitrogen and oxygen atoms in total. The Balaban J connectivity index is 1.85. The first-order valence-corrected chi connectivity index (χ1v) is 6.96. The minimum atomic E-state index is -0.354. The van der Waals surface area contributed by atoms with E-state index < -0.39 is 0 Å². The topological polar surface area (TPSA) is 56.1 Å². The SMILES string of the molecule is CN(C)C1(C#N)CCC(C(=O)NC2CCC2)CC1. The van der Waals surface area contributed by atoms with Crippen molar-refractivity contribution in [2.24, 2.45) is 5.92 Å². The van der Waals surface area contributed by atoms with Crippen molar-refractivity contribution in [1.82, 2.24) is 10.2 Å². The van der Waals surface area contributed by atoms with Crippen LogP contribution in [-0.2, 0) is 4.79 Å². The van der Waals surface area contributed by atoms with E-state index in [1.54, 1.807) is 0 Å². The standard InChI is InChI=1S/C14H23N3O/c1-17(2)14(10-15)8-6-11(7-9-14)13(18)16-12-4-3-5-12/h11-12H,3-9H2,1-2H3,(H,16,18). The van der Waals surface area contributed by atoms with E-state index in [0.29, 0.717) is 6.04 Å². The number of carbonyl (C=O) groups is 1. The summed E-state index contributed by atoms with van der Waals surface area (Å²) in [5.41, 5.74) is -0.354. The minimum absolute atomic E-state index is 0.118. The molecule has 0 unspecified atom stereocenters. The van der Waals surface area contributed by atoms with Gasteiger partial charge in [0, 0.05) is 12.0 Å². The van der Waals surface area contributed by atoms with Crippen LogP contribution in [0.15, 0.2) is 0 Å². The van der Waals surface area contributed by atoms with Crippen LogP contribution in [-0.4, -0.2) is 36.5 Å². The molecule has 4 heteroatoms. The third kappa shape index (κ3) is 2.51. The van der Waals surface area contributed by atoms with Gasteiger partial charge in [0.2, 0.25) is 5.91 Å². The fraction of sp³-hybridized carbons (Fsp3) is 0.857. The van der Waals surface area contributed by atoms with Crippen molar-refractivity contribution >= 4 is 5.91 Å². The summed E-state index contributed by atoms with van der Waals surface area (Å²) >= 11 is 0. The summed E-state index contributed by atoms with van der Waals surface area (Å²) in [6, 6.07) is 2.86. The summed E-state index contributed by atoms with van der Waals surface area (Å²) < 4.78 is 0. The largest absolute Gasteiger partial charge is 0.353 e. The van der Waals surface area contributed by atoms with Gasteiger partial charge in [-0.3, -0.25) is 9.69 Å². The van der Waals surface area contributed by atoms with Crippen LogP contribution < -0.4 is 5.32 Å². The lowest BCUT2D eigenvalue weighted by atomic mass is 9.76. The van der Waals surface area contributed by atoms with Crippen LogP contribution in [0.25, 0.3) is 0 Å². The van der Waals surface area contributed by atoms with E-state index >= 15 is 0 Å². The molecule has 2 saturated carbocycles. The first-order valence-electron chi connectivity index (χ1n) is 6.96. The molecule has 0 aromatic rings. The molecule has 0 radical (unpaired) electrons. The van der Waals surface area contributed by atoms with Crippen LogP contribution in [0.4, 0.5) is 0 Å². The van der Waals surface area contributed by atoms with E-state index in [1.165, 1.54) is 6.42 Å². The van der Waals surface area contributed by atoms with E-state index in [2.05, 4.69) is 11.4 Å². The van der Waals surface area contributed by atoms with Crippen molar-refractivity contribution in [3.8, 4) is 6.07 Å². The Morgan fingerprint density at radius 1 is 1.28 bits per heavy atom. The van der Waals surface area contributed by atoms with Gasteiger partial charge in [-0.05, 0) is 59.0 Å². The maximum atomic E-state index is 12.1. The molecule has 1 N–H and O–H groups in total. The highest BCUT2D eigenvalue weighted by atomic mass is 16.1. The number of nitrogens with zero attached hydrogens (tertiary/aromatic N) is 2. The third-order valence-corrected chi connectivity index (χ3v) is 4.70. The highest BCUT2D eigenvalue weighted by Gasteiger charge is 2.39. The van der Waals surface area contributed by atoms with E-state index in [-0.39, 0.29) is 17.4 Å². The molecular formula is C14H23N3O. The van der Waals surface area contributed by atoms with Crippen molar-refractivity contribution < 1.29 is 4.79 Å². The molecular weight excluding hydrogens is 226 g/mol. The van der Waals surface area contributed by atoms with Gasteiger partial charge < -0.3 is 5.32 Å². The lowest BCUT2D eigenvalue weighted by Gasteiger charge is -2.39. The Kier molecular flexibility index (Phi) is 3.91. The van der Waals surface area contributed by atoms with Gasteiger partial charge in [0.1, 0.15) is 5.54 Å². The highest BCUT2D eigenvalue weighted by molar-refractivity contribution is 5.79. The van der Waals surface area contributed by atoms with Crippen LogP contribution in [0.3, 0.4) is 0 Å². The quantitative estimate of drug-likeness (QED) is 0.827. The molecule has 0 aliphatic heterocycles. The molecule has 0 aromatic carbocycles. The summed E-state index contributed by atoms with van der Waals surface area (Å²) in [6.45, 7) is 0. The van der Waals surface area contributed by atoms with Crippen LogP contribution in [0.2, 0.25) is 0 Å². The highest BCUT2D eigenvalue weighted by Crippen LogP contribution is 2.35. The molecule has 0 aromatic heterocycles. The molecule has 2 aliphatic carbocycles. The Morgan fingerprint density at radius 2 is 1.89 bits per heavy atom. The van der Waals surface area contributed by atoms with Crippen molar-refractivity contribution in [3.05, 3.63) is 0 Å². The molecule has 100 valence electrons. The summed E-state index contributed by atoms with van der Waals surface area (Å²) in [5, 5.41) is 12.5. The number of hydrogen-bond donors (Lipinski definition) is 1. The molecule has 2 aliphatic rings. The monoisotopic (exact) mass is 249 g/mol. The van der Waals surface area contributed by atoms with Crippen LogP contribution >= 0.6 is 0 Å². The lowest BCUT2D eigenvalue weighted by molar-refractivity contribution is -0.127. The second-order valence-electron chi connectivity index (χ2n) is 5.95. The fourth-order valence-corrected chi connectivity index (χ4v) is 2.89. The Morgan fingerprint density at radius 3 is 2.28 bits per heavy atom. The van der Waals surface area contributed by atoms with Crippen molar-refractivity contribution in [1.29, 1.82) is 5.26 Å². The molecule has 0 bridgehead atoms. The Bertz CT molecular complexity index is 347. The molecule has 2 fully saturated rings. The number of carbonyl (C=O) groups excluding carboxylic acids is 1. The van der Waals surface area contributed by atoms with Crippen molar-refractivity contribution in [3.63, 3.8) is 0 Å². The lowest BCUT2D eigenvalue weighted by Crippen LogP contribution is -2.49. The second-order valence-corrected chi connectivity index (χ2v) is 5.95. The summed E-state index contributed by atoms with van der Waals surface area (Å²) in [7, 11) is 3.91. The number of nitrogens with one attached hydrogen (secondary N) is 1. The van der Waals surface area contributed by atoms with E-state index in [4.69, 9.17) is 0 Å². The molecule has 0 atom stereocenters. The first kappa shape index (κ1) is 13.4. The molecule has 0 heterocycles. The van der Waals surface area contributed by atoms with Crippen LogP contribution in [0.5, 0.6) is 0 Å². The Labute approximate surface area is 109 Å². The van der Waals surface area contributed by atoms with Gasteiger partial charge in [-0.1, -0.05) is 0 Å². The number of nitriles is 1. The molecule has 0 saturated heterocycles. The molecule has 2 rings (SSSR count). The zero-order valence-corrected chi connectivity index (χ0v) is 11.4. The van der Waals surface area contributed by atoms with Gasteiger partial charge in [-0.25, -0.2) is 0 Å². The smallest absolute Gasteiger partial charge is 0.223 e. The predicted octanol–water partition coefficient (Wildman–Crippen LogP) is 1.67.